The molecule has 0 amide bonds. The number of hydrogen-bond donors (Lipinski definition) is 0. The van der Waals surface area contributed by atoms with Gasteiger partial charge in [-0.15, -0.1) is 22.2 Å². The van der Waals surface area contributed by atoms with Gasteiger partial charge in [-0.1, -0.05) is 75.2 Å². The molecule has 0 saturated carbocycles. The van der Waals surface area contributed by atoms with Crippen molar-refractivity contribution in [3.63, 3.8) is 0 Å². The molecule has 0 aromatic heterocycles. The summed E-state index contributed by atoms with van der Waals surface area (Å²) in [7, 11) is 0.778. The van der Waals surface area contributed by atoms with Crippen LogP contribution in [0.2, 0.25) is 0 Å². The summed E-state index contributed by atoms with van der Waals surface area (Å²) in [6.45, 7) is 1.81. The Morgan fingerprint density at radius 1 is 0.680 bits per heavy atom. The highest BCUT2D eigenvalue weighted by atomic mass is 35.7. The molecule has 0 aliphatic heterocycles. The van der Waals surface area contributed by atoms with Crippen molar-refractivity contribution in [2.75, 3.05) is 0 Å². The molecule has 5 heteroatoms. The molecule has 25 heavy (non-hydrogen) atoms. The number of halogens is 3. The van der Waals surface area contributed by atoms with E-state index in [-0.39, 0.29) is 0 Å². The van der Waals surface area contributed by atoms with Crippen LogP contribution in [-0.4, -0.2) is 16.2 Å². The molecule has 0 aliphatic rings. The fourth-order valence-electron chi connectivity index (χ4n) is 2.69. The molecule has 0 saturated heterocycles. The van der Waals surface area contributed by atoms with E-state index in [1.54, 1.807) is 0 Å². The van der Waals surface area contributed by atoms with Crippen LogP contribution >= 0.6 is 33.2 Å². The molecule has 0 heterocycles. The Morgan fingerprint density at radius 2 is 1.00 bits per heavy atom. The minimum atomic E-state index is -2.62. The highest BCUT2D eigenvalue weighted by Crippen LogP contribution is 2.17. The van der Waals surface area contributed by atoms with E-state index in [1.807, 2.05) is 0 Å². The smallest absolute Gasteiger partial charge is 0.181 e. The molecule has 0 nitrogen and oxygen atoms in total. The first-order chi connectivity index (χ1) is 12.1. The van der Waals surface area contributed by atoms with E-state index < -0.39 is 6.69 Å². The minimum Gasteiger partial charge on any atom is -0.181 e. The lowest BCUT2D eigenvalue weighted by Crippen LogP contribution is -2.48. The highest BCUT2D eigenvalue weighted by Gasteiger charge is 2.33. The van der Waals surface area contributed by atoms with Crippen LogP contribution in [0.1, 0.15) is 50.7 Å². The topological polar surface area (TPSA) is 0 Å². The lowest BCUT2D eigenvalue weighted by molar-refractivity contribution is 0.795. The van der Waals surface area contributed by atoms with Gasteiger partial charge < -0.3 is 0 Å². The third-order valence-electron chi connectivity index (χ3n) is 4.27. The largest absolute Gasteiger partial charge is 0.310 e. The normalized spacial score (nSPS) is 11.1. The highest BCUT2D eigenvalue weighted by molar-refractivity contribution is 7.56. The summed E-state index contributed by atoms with van der Waals surface area (Å²) in [5.41, 5.74) is 2.73. The predicted molar refractivity (Wildman–Crippen MR) is 123 cm³/mol. The maximum absolute atomic E-state index is 6.80. The number of benzene rings is 2. The summed E-state index contributed by atoms with van der Waals surface area (Å²) in [5.74, 6) is 0. The van der Waals surface area contributed by atoms with Crippen molar-refractivity contribution >= 4 is 59.9 Å². The number of unbranched alkanes of at least 4 members (excludes halogenated alkanes) is 2. The average Bonchev–Trinajstić information content (AvgIpc) is 2.67. The lowest BCUT2D eigenvalue weighted by atomic mass is 10.1. The molecule has 0 aliphatic carbocycles. The van der Waals surface area contributed by atoms with Gasteiger partial charge in [-0.05, 0) is 47.2 Å². The predicted octanol–water partition coefficient (Wildman–Crippen LogP) is 4.91. The summed E-state index contributed by atoms with van der Waals surface area (Å²) in [5, 5.41) is 2.14. The molecule has 138 valence electrons. The van der Waals surface area contributed by atoms with Crippen LogP contribution in [0.3, 0.4) is 0 Å². The van der Waals surface area contributed by atoms with E-state index in [1.165, 1.54) is 36.8 Å². The Morgan fingerprint density at radius 3 is 1.28 bits per heavy atom. The fraction of sp³-hybridized carbons (Fsp3) is 0.400. The molecule has 0 N–H and O–H groups in total. The fourth-order valence-corrected chi connectivity index (χ4v) is 5.71. The maximum Gasteiger partial charge on any atom is 0.310 e. The van der Waals surface area contributed by atoms with Gasteiger partial charge >= 0.3 is 6.69 Å². The van der Waals surface area contributed by atoms with Crippen molar-refractivity contribution in [3.8, 4) is 0 Å². The molecule has 0 bridgehead atoms. The van der Waals surface area contributed by atoms with Crippen LogP contribution in [0.15, 0.2) is 48.5 Å². The Balaban J connectivity index is 0.00000151. The van der Waals surface area contributed by atoms with Crippen LogP contribution in [0.5, 0.6) is 0 Å². The molecule has 0 atom stereocenters. The first-order valence-corrected chi connectivity index (χ1v) is 16.1. The molecule has 2 aromatic carbocycles. The first kappa shape index (κ1) is 22.8. The van der Waals surface area contributed by atoms with Crippen molar-refractivity contribution in [3.05, 3.63) is 59.7 Å². The number of aryl methyl sites for hydroxylation is 2. The Bertz CT molecular complexity index is 542. The number of rotatable bonds is 8. The van der Waals surface area contributed by atoms with Gasteiger partial charge in [0.2, 0.25) is 0 Å². The SMILES string of the molecule is CCCCc1ccc([Si](Cl)(Cl)c2ccc(CCCC)cc2)cc1.[SiH3]Cl. The molecular formula is C20H29Cl3Si2. The monoisotopic (exact) mass is 430 g/mol. The van der Waals surface area contributed by atoms with Gasteiger partial charge in [0.25, 0.3) is 0 Å². The quantitative estimate of drug-likeness (QED) is 0.411. The van der Waals surface area contributed by atoms with Crippen molar-refractivity contribution in [1.29, 1.82) is 0 Å². The lowest BCUT2D eigenvalue weighted by Gasteiger charge is -2.18. The van der Waals surface area contributed by atoms with Crippen molar-refractivity contribution < 1.29 is 0 Å². The van der Waals surface area contributed by atoms with E-state index in [9.17, 15) is 0 Å². The van der Waals surface area contributed by atoms with Gasteiger partial charge in [0, 0.05) is 0 Å². The third-order valence-corrected chi connectivity index (χ3v) is 9.01. The van der Waals surface area contributed by atoms with E-state index in [0.29, 0.717) is 0 Å². The van der Waals surface area contributed by atoms with Crippen molar-refractivity contribution in [1.82, 2.24) is 0 Å². The minimum absolute atomic E-state index is 0.778. The van der Waals surface area contributed by atoms with E-state index in [4.69, 9.17) is 33.2 Å². The molecule has 2 aromatic rings. The van der Waals surface area contributed by atoms with Crippen LogP contribution < -0.4 is 10.4 Å². The standard InChI is InChI=1S/C20H26Cl2Si.ClH3Si/c1-3-5-7-17-9-13-19(14-10-17)23(21,22)20-15-11-18(12-16-20)8-6-4-2;1-2/h9-16H,3-8H2,1-2H3;2H3. The second kappa shape index (κ2) is 12.2. The zero-order valence-corrected chi connectivity index (χ0v) is 20.8. The third kappa shape index (κ3) is 7.11. The Kier molecular flexibility index (Phi) is 11.1. The summed E-state index contributed by atoms with van der Waals surface area (Å²) in [6.07, 6.45) is 7.14. The zero-order chi connectivity index (χ0) is 18.7. The van der Waals surface area contributed by atoms with Gasteiger partial charge in [0.1, 0.15) is 9.55 Å². The molecule has 0 radical (unpaired) electrons. The van der Waals surface area contributed by atoms with Gasteiger partial charge in [0.15, 0.2) is 0 Å². The molecule has 0 spiro atoms. The molecule has 2 rings (SSSR count). The van der Waals surface area contributed by atoms with Crippen LogP contribution in [0.25, 0.3) is 0 Å². The second-order valence-corrected chi connectivity index (χ2v) is 12.5. The van der Waals surface area contributed by atoms with Crippen molar-refractivity contribution in [2.45, 2.75) is 52.4 Å². The van der Waals surface area contributed by atoms with Gasteiger partial charge in [-0.25, -0.2) is 0 Å². The van der Waals surface area contributed by atoms with E-state index in [2.05, 4.69) is 62.4 Å². The first-order valence-electron chi connectivity index (χ1n) is 9.02. The van der Waals surface area contributed by atoms with Crippen molar-refractivity contribution in [2.24, 2.45) is 0 Å². The van der Waals surface area contributed by atoms with Crippen LogP contribution in [0, 0.1) is 0 Å². The number of hydrogen-bond acceptors (Lipinski definition) is 0. The van der Waals surface area contributed by atoms with E-state index >= 15 is 0 Å². The molecular weight excluding hydrogens is 403 g/mol. The maximum atomic E-state index is 6.80. The second-order valence-electron chi connectivity index (χ2n) is 6.18. The summed E-state index contributed by atoms with van der Waals surface area (Å²) < 4.78 is 0. The van der Waals surface area contributed by atoms with Crippen LogP contribution in [-0.2, 0) is 12.8 Å². The average molecular weight is 432 g/mol. The van der Waals surface area contributed by atoms with Crippen LogP contribution in [0.4, 0.5) is 0 Å². The zero-order valence-electron chi connectivity index (χ0n) is 15.5. The summed E-state index contributed by atoms with van der Waals surface area (Å²) in [4.78, 5) is 0. The molecule has 0 unspecified atom stereocenters. The Hall–Kier alpha value is -0.256. The van der Waals surface area contributed by atoms with Gasteiger partial charge in [-0.3, -0.25) is 0 Å². The van der Waals surface area contributed by atoms with Gasteiger partial charge in [-0.2, -0.15) is 11.1 Å². The summed E-state index contributed by atoms with van der Waals surface area (Å²) in [6, 6.07) is 17.1. The van der Waals surface area contributed by atoms with Gasteiger partial charge in [0.05, 0.1) is 0 Å². The van der Waals surface area contributed by atoms with E-state index in [0.717, 1.165) is 32.8 Å². The molecule has 0 fully saturated rings. The summed E-state index contributed by atoms with van der Waals surface area (Å²) >= 11 is 18.4. The Labute approximate surface area is 171 Å².